The molecule has 1 heterocycles. The molecule has 0 aliphatic heterocycles. The number of carbonyl (C=O) groups is 2. The topological polar surface area (TPSA) is 68.3 Å². The smallest absolute Gasteiger partial charge is 0.328 e. The number of nitrogens with zero attached hydrogens (tertiary/aromatic N) is 1. The zero-order valence-electron chi connectivity index (χ0n) is 14.5. The Bertz CT molecular complexity index is 753. The summed E-state index contributed by atoms with van der Waals surface area (Å²) in [4.78, 5) is 29.2. The fourth-order valence-corrected chi connectivity index (χ4v) is 3.42. The Hall–Kier alpha value is -2.43. The first-order valence-corrected chi connectivity index (χ1v) is 8.90. The summed E-state index contributed by atoms with van der Waals surface area (Å²) in [5.41, 5.74) is 1.64. The third-order valence-corrected chi connectivity index (χ3v) is 4.85. The Morgan fingerprint density at radius 1 is 1.16 bits per heavy atom. The van der Waals surface area contributed by atoms with Gasteiger partial charge in [-0.25, -0.2) is 4.79 Å². The van der Waals surface area contributed by atoms with E-state index in [1.807, 2.05) is 36.4 Å². The Kier molecular flexibility index (Phi) is 5.64. The van der Waals surface area contributed by atoms with Gasteiger partial charge < -0.3 is 10.1 Å². The second kappa shape index (κ2) is 8.10. The minimum absolute atomic E-state index is 0.00506. The lowest BCUT2D eigenvalue weighted by atomic mass is 9.88. The highest BCUT2D eigenvalue weighted by Crippen LogP contribution is 2.24. The monoisotopic (exact) mass is 340 g/mol. The van der Waals surface area contributed by atoms with Crippen LogP contribution in [0.25, 0.3) is 10.9 Å². The molecule has 1 aromatic carbocycles. The van der Waals surface area contributed by atoms with E-state index in [4.69, 9.17) is 4.74 Å². The van der Waals surface area contributed by atoms with Crippen LogP contribution in [0.15, 0.2) is 36.4 Å². The molecule has 2 aromatic rings. The zero-order chi connectivity index (χ0) is 17.6. The fourth-order valence-electron chi connectivity index (χ4n) is 3.42. The number of esters is 1. The molecule has 25 heavy (non-hydrogen) atoms. The van der Waals surface area contributed by atoms with Crippen molar-refractivity contribution < 1.29 is 14.3 Å². The van der Waals surface area contributed by atoms with Crippen molar-refractivity contribution in [1.82, 2.24) is 10.3 Å². The average molecular weight is 340 g/mol. The van der Waals surface area contributed by atoms with Crippen molar-refractivity contribution in [3.8, 4) is 0 Å². The van der Waals surface area contributed by atoms with Gasteiger partial charge in [-0.2, -0.15) is 0 Å². The molecule has 1 aliphatic carbocycles. The molecular formula is C20H24N2O3. The van der Waals surface area contributed by atoms with Gasteiger partial charge in [0.25, 0.3) is 0 Å². The highest BCUT2D eigenvalue weighted by Gasteiger charge is 2.27. The summed E-state index contributed by atoms with van der Waals surface area (Å²) in [6, 6.07) is 11.0. The molecule has 1 atom stereocenters. The number of methoxy groups -OCH3 is 1. The first kappa shape index (κ1) is 17.4. The lowest BCUT2D eigenvalue weighted by molar-refractivity contribution is -0.145. The molecule has 1 saturated carbocycles. The second-order valence-electron chi connectivity index (χ2n) is 6.62. The Balaban J connectivity index is 1.73. The van der Waals surface area contributed by atoms with Crippen molar-refractivity contribution in [2.24, 2.45) is 5.92 Å². The number of hydrogen-bond acceptors (Lipinski definition) is 4. The van der Waals surface area contributed by atoms with Crippen molar-refractivity contribution in [1.29, 1.82) is 0 Å². The van der Waals surface area contributed by atoms with Gasteiger partial charge in [0.15, 0.2) is 0 Å². The van der Waals surface area contributed by atoms with Crippen LogP contribution in [-0.4, -0.2) is 30.0 Å². The van der Waals surface area contributed by atoms with Gasteiger partial charge in [-0.3, -0.25) is 9.78 Å². The van der Waals surface area contributed by atoms with Crippen molar-refractivity contribution in [3.63, 3.8) is 0 Å². The maximum Gasteiger partial charge on any atom is 0.328 e. The average Bonchev–Trinajstić information content (AvgIpc) is 2.67. The number of carbonyl (C=O) groups excluding carboxylic acids is 2. The number of ether oxygens (including phenoxy) is 1. The largest absolute Gasteiger partial charge is 0.467 e. The van der Waals surface area contributed by atoms with Gasteiger partial charge in [0, 0.05) is 23.4 Å². The van der Waals surface area contributed by atoms with Crippen molar-refractivity contribution in [2.75, 3.05) is 7.11 Å². The molecule has 0 radical (unpaired) electrons. The predicted molar refractivity (Wildman–Crippen MR) is 96.0 cm³/mol. The van der Waals surface area contributed by atoms with Crippen LogP contribution in [0.1, 0.15) is 37.8 Å². The lowest BCUT2D eigenvalue weighted by Gasteiger charge is -2.23. The number of fused-ring (bicyclic) bond motifs is 1. The second-order valence-corrected chi connectivity index (χ2v) is 6.62. The number of para-hydroxylation sites is 1. The van der Waals surface area contributed by atoms with Gasteiger partial charge in [-0.1, -0.05) is 43.5 Å². The standard InChI is InChI=1S/C20H24N2O3/c1-25-20(24)18(22-19(23)15-8-3-2-4-9-15)13-16-12-11-14-7-5-6-10-17(14)21-16/h5-7,10-12,15,18H,2-4,8-9,13H2,1H3,(H,22,23)/t18-/m0/s1. The molecule has 132 valence electrons. The summed E-state index contributed by atoms with van der Waals surface area (Å²) in [5.74, 6) is -0.472. The van der Waals surface area contributed by atoms with Gasteiger partial charge in [-0.05, 0) is 25.0 Å². The van der Waals surface area contributed by atoms with E-state index in [1.54, 1.807) is 0 Å². The molecule has 0 saturated heterocycles. The molecule has 5 nitrogen and oxygen atoms in total. The molecule has 1 amide bonds. The van der Waals surface area contributed by atoms with Crippen LogP contribution in [0, 0.1) is 5.92 Å². The van der Waals surface area contributed by atoms with Gasteiger partial charge in [0.05, 0.1) is 12.6 Å². The Morgan fingerprint density at radius 3 is 2.68 bits per heavy atom. The van der Waals surface area contributed by atoms with Crippen LogP contribution in [0.2, 0.25) is 0 Å². The molecule has 1 N–H and O–H groups in total. The van der Waals surface area contributed by atoms with Crippen LogP contribution in [0.4, 0.5) is 0 Å². The van der Waals surface area contributed by atoms with Gasteiger partial charge >= 0.3 is 5.97 Å². The van der Waals surface area contributed by atoms with Gasteiger partial charge in [-0.15, -0.1) is 0 Å². The number of aromatic nitrogens is 1. The quantitative estimate of drug-likeness (QED) is 0.850. The number of pyridine rings is 1. The van der Waals surface area contributed by atoms with E-state index in [2.05, 4.69) is 10.3 Å². The molecule has 1 aliphatic rings. The molecule has 5 heteroatoms. The third-order valence-electron chi connectivity index (χ3n) is 4.85. The number of rotatable bonds is 5. The van der Waals surface area contributed by atoms with Crippen LogP contribution in [0.5, 0.6) is 0 Å². The highest BCUT2D eigenvalue weighted by molar-refractivity contribution is 5.86. The number of hydrogen-bond donors (Lipinski definition) is 1. The normalized spacial score (nSPS) is 16.4. The SMILES string of the molecule is COC(=O)[C@H](Cc1ccc2ccccc2n1)NC(=O)C1CCCCC1. The van der Waals surface area contributed by atoms with E-state index in [1.165, 1.54) is 13.5 Å². The molecule has 3 rings (SSSR count). The number of benzene rings is 1. The molecular weight excluding hydrogens is 316 g/mol. The zero-order valence-corrected chi connectivity index (χ0v) is 14.5. The van der Waals surface area contributed by atoms with Crippen LogP contribution in [0.3, 0.4) is 0 Å². The Labute approximate surface area is 147 Å². The molecule has 0 spiro atoms. The fraction of sp³-hybridized carbons (Fsp3) is 0.450. The van der Waals surface area contributed by atoms with E-state index < -0.39 is 12.0 Å². The summed E-state index contributed by atoms with van der Waals surface area (Å²) < 4.78 is 4.88. The van der Waals surface area contributed by atoms with E-state index in [0.29, 0.717) is 6.42 Å². The summed E-state index contributed by atoms with van der Waals surface area (Å²) >= 11 is 0. The maximum absolute atomic E-state index is 12.5. The number of amides is 1. The predicted octanol–water partition coefficient (Wildman–Crippen LogP) is 3.02. The minimum atomic E-state index is -0.701. The van der Waals surface area contributed by atoms with Crippen LogP contribution < -0.4 is 5.32 Å². The lowest BCUT2D eigenvalue weighted by Crippen LogP contribution is -2.46. The molecule has 1 fully saturated rings. The van der Waals surface area contributed by atoms with Crippen LogP contribution in [-0.2, 0) is 20.7 Å². The van der Waals surface area contributed by atoms with Gasteiger partial charge in [0.2, 0.25) is 5.91 Å². The molecule has 0 unspecified atom stereocenters. The summed E-state index contributed by atoms with van der Waals surface area (Å²) in [6.07, 6.45) is 5.46. The van der Waals surface area contributed by atoms with Crippen molar-refractivity contribution >= 4 is 22.8 Å². The summed E-state index contributed by atoms with van der Waals surface area (Å²) in [6.45, 7) is 0. The molecule has 0 bridgehead atoms. The first-order chi connectivity index (χ1) is 12.2. The summed E-state index contributed by atoms with van der Waals surface area (Å²) in [5, 5.41) is 3.93. The maximum atomic E-state index is 12.5. The van der Waals surface area contributed by atoms with E-state index in [0.717, 1.165) is 42.3 Å². The number of nitrogens with one attached hydrogen (secondary N) is 1. The van der Waals surface area contributed by atoms with E-state index in [-0.39, 0.29) is 11.8 Å². The van der Waals surface area contributed by atoms with Gasteiger partial charge in [0.1, 0.15) is 6.04 Å². The minimum Gasteiger partial charge on any atom is -0.467 e. The highest BCUT2D eigenvalue weighted by atomic mass is 16.5. The van der Waals surface area contributed by atoms with Crippen LogP contribution >= 0.6 is 0 Å². The van der Waals surface area contributed by atoms with Crippen molar-refractivity contribution in [2.45, 2.75) is 44.6 Å². The van der Waals surface area contributed by atoms with Crippen molar-refractivity contribution in [3.05, 3.63) is 42.1 Å². The molecule has 1 aromatic heterocycles. The Morgan fingerprint density at radius 2 is 1.92 bits per heavy atom. The van der Waals surface area contributed by atoms with E-state index >= 15 is 0 Å². The first-order valence-electron chi connectivity index (χ1n) is 8.90. The van der Waals surface area contributed by atoms with E-state index in [9.17, 15) is 9.59 Å². The third kappa shape index (κ3) is 4.35. The summed E-state index contributed by atoms with van der Waals surface area (Å²) in [7, 11) is 1.34.